The zero-order valence-corrected chi connectivity index (χ0v) is 26.3. The standard InChI is InChI=1S/C38H36O4.C2H6.CH4/c1-22-9-27-18-29-11-23(2)13-31(36(29)40)20-33-16-26(15-25-7-5-4-6-8-25)17-34(38(33)42)21-32-14-24(3)12-30(37(32)41)19-28(10-22)35(27)39;1-2;/h4-14,16-17,39-42H,15,18-21H2,1-3H3;1-2H3;1H4/p-1. The Morgan fingerprint density at radius 1 is 0.489 bits per heavy atom. The van der Waals surface area contributed by atoms with Crippen LogP contribution in [0.25, 0.3) is 0 Å². The fourth-order valence-electron chi connectivity index (χ4n) is 6.45. The highest BCUT2D eigenvalue weighted by atomic mass is 16.3. The Balaban J connectivity index is 0.00000151. The first kappa shape index (κ1) is 33.2. The molecule has 0 fully saturated rings. The third-order valence-corrected chi connectivity index (χ3v) is 8.31. The van der Waals surface area contributed by atoms with Gasteiger partial charge in [0.2, 0.25) is 0 Å². The van der Waals surface area contributed by atoms with Crippen molar-refractivity contribution in [3.63, 3.8) is 0 Å². The van der Waals surface area contributed by atoms with Gasteiger partial charge in [-0.05, 0) is 71.7 Å². The number of aryl methyl sites for hydroxylation is 3. The monoisotopic (exact) mass is 601 g/mol. The van der Waals surface area contributed by atoms with E-state index in [1.54, 1.807) is 0 Å². The molecule has 0 unspecified atom stereocenters. The molecule has 0 saturated carbocycles. The molecule has 5 aromatic rings. The second-order valence-electron chi connectivity index (χ2n) is 11.9. The van der Waals surface area contributed by atoms with Gasteiger partial charge >= 0.3 is 0 Å². The van der Waals surface area contributed by atoms with E-state index < -0.39 is 0 Å². The Kier molecular flexibility index (Phi) is 10.3. The molecular weight excluding hydrogens is 556 g/mol. The minimum absolute atomic E-state index is 0. The zero-order valence-electron chi connectivity index (χ0n) is 26.3. The third-order valence-electron chi connectivity index (χ3n) is 8.31. The highest BCUT2D eigenvalue weighted by molar-refractivity contribution is 5.57. The first-order valence-corrected chi connectivity index (χ1v) is 15.4. The number of phenolic OH excluding ortho intramolecular Hbond substituents is 3. The van der Waals surface area contributed by atoms with Gasteiger partial charge in [-0.15, -0.1) is 5.75 Å². The van der Waals surface area contributed by atoms with Gasteiger partial charge in [0.1, 0.15) is 17.2 Å². The largest absolute Gasteiger partial charge is 0.872 e. The van der Waals surface area contributed by atoms with Crippen molar-refractivity contribution in [2.75, 3.05) is 0 Å². The average molecular weight is 602 g/mol. The van der Waals surface area contributed by atoms with Crippen LogP contribution in [0.1, 0.15) is 93.6 Å². The van der Waals surface area contributed by atoms with Gasteiger partial charge in [-0.1, -0.05) is 128 Å². The molecule has 3 N–H and O–H groups in total. The molecule has 8 bridgehead atoms. The van der Waals surface area contributed by atoms with Crippen LogP contribution in [0.3, 0.4) is 0 Å². The van der Waals surface area contributed by atoms with E-state index in [0.717, 1.165) is 27.8 Å². The number of hydrogen-bond donors (Lipinski definition) is 3. The van der Waals surface area contributed by atoms with Crippen LogP contribution < -0.4 is 5.11 Å². The Hall–Kier alpha value is -4.70. The Morgan fingerprint density at radius 2 is 0.800 bits per heavy atom. The number of fused-ring (bicyclic) bond motifs is 8. The predicted octanol–water partition coefficient (Wildman–Crippen LogP) is 8.73. The fraction of sp³-hybridized carbons (Fsp3) is 0.268. The maximum atomic E-state index is 13.7. The lowest BCUT2D eigenvalue weighted by atomic mass is 9.88. The van der Waals surface area contributed by atoms with Gasteiger partial charge in [0.15, 0.2) is 0 Å². The molecule has 0 saturated heterocycles. The van der Waals surface area contributed by atoms with Gasteiger partial charge < -0.3 is 20.4 Å². The summed E-state index contributed by atoms with van der Waals surface area (Å²) in [5, 5.41) is 48.2. The summed E-state index contributed by atoms with van der Waals surface area (Å²) in [5.74, 6) is 0.420. The van der Waals surface area contributed by atoms with Crippen molar-refractivity contribution in [2.24, 2.45) is 0 Å². The van der Waals surface area contributed by atoms with Gasteiger partial charge in [-0.25, -0.2) is 0 Å². The van der Waals surface area contributed by atoms with Crippen LogP contribution in [0.2, 0.25) is 0 Å². The van der Waals surface area contributed by atoms with Crippen LogP contribution in [0.4, 0.5) is 0 Å². The smallest absolute Gasteiger partial charge is 0.122 e. The highest BCUT2D eigenvalue weighted by Crippen LogP contribution is 2.38. The van der Waals surface area contributed by atoms with Gasteiger partial charge in [-0.3, -0.25) is 0 Å². The Morgan fingerprint density at radius 3 is 1.18 bits per heavy atom. The van der Waals surface area contributed by atoms with Crippen molar-refractivity contribution in [3.05, 3.63) is 151 Å². The first-order chi connectivity index (χ1) is 21.1. The highest BCUT2D eigenvalue weighted by Gasteiger charge is 2.19. The molecule has 4 nitrogen and oxygen atoms in total. The van der Waals surface area contributed by atoms with Crippen molar-refractivity contribution in [1.82, 2.24) is 0 Å². The molecular formula is C41H45O4-. The van der Waals surface area contributed by atoms with Gasteiger partial charge in [0, 0.05) is 25.7 Å². The van der Waals surface area contributed by atoms with Gasteiger partial charge in [0.25, 0.3) is 0 Å². The molecule has 0 amide bonds. The molecule has 0 spiro atoms. The predicted molar refractivity (Wildman–Crippen MR) is 183 cm³/mol. The summed E-state index contributed by atoms with van der Waals surface area (Å²) in [6.07, 6.45) is 1.94. The zero-order chi connectivity index (χ0) is 31.5. The normalized spacial score (nSPS) is 12.0. The molecule has 0 atom stereocenters. The number of rotatable bonds is 2. The summed E-state index contributed by atoms with van der Waals surface area (Å²) in [6.45, 7) is 9.94. The lowest BCUT2D eigenvalue weighted by Gasteiger charge is -2.23. The van der Waals surface area contributed by atoms with Gasteiger partial charge in [0.05, 0.1) is 0 Å². The summed E-state index contributed by atoms with van der Waals surface area (Å²) in [7, 11) is 0. The number of hydrogen-bond acceptors (Lipinski definition) is 4. The van der Waals surface area contributed by atoms with E-state index in [0.29, 0.717) is 76.6 Å². The molecule has 234 valence electrons. The van der Waals surface area contributed by atoms with E-state index >= 15 is 0 Å². The summed E-state index contributed by atoms with van der Waals surface area (Å²) < 4.78 is 0. The van der Waals surface area contributed by atoms with Crippen molar-refractivity contribution in [1.29, 1.82) is 0 Å². The molecule has 0 heterocycles. The molecule has 0 radical (unpaired) electrons. The van der Waals surface area contributed by atoms with Crippen molar-refractivity contribution in [2.45, 2.75) is 74.1 Å². The Bertz CT molecular complexity index is 1710. The summed E-state index contributed by atoms with van der Waals surface area (Å²) >= 11 is 0. The molecule has 1 aliphatic carbocycles. The quantitative estimate of drug-likeness (QED) is 0.185. The van der Waals surface area contributed by atoms with Crippen LogP contribution in [0.15, 0.2) is 78.9 Å². The van der Waals surface area contributed by atoms with Crippen LogP contribution in [0.5, 0.6) is 23.0 Å². The molecule has 45 heavy (non-hydrogen) atoms. The molecule has 1 aliphatic rings. The molecule has 4 heteroatoms. The van der Waals surface area contributed by atoms with E-state index in [-0.39, 0.29) is 30.4 Å². The minimum atomic E-state index is -0.0639. The molecule has 0 aliphatic heterocycles. The first-order valence-electron chi connectivity index (χ1n) is 15.4. The second-order valence-corrected chi connectivity index (χ2v) is 11.9. The lowest BCUT2D eigenvalue weighted by Crippen LogP contribution is -2.07. The molecule has 0 aromatic heterocycles. The second kappa shape index (κ2) is 13.9. The average Bonchev–Trinajstić information content (AvgIpc) is 2.99. The van der Waals surface area contributed by atoms with E-state index in [1.807, 2.05) is 101 Å². The third kappa shape index (κ3) is 7.17. The summed E-state index contributed by atoms with van der Waals surface area (Å²) in [5.41, 5.74) is 10.6. The maximum Gasteiger partial charge on any atom is 0.122 e. The Labute approximate surface area is 268 Å². The van der Waals surface area contributed by atoms with E-state index in [9.17, 15) is 20.4 Å². The topological polar surface area (TPSA) is 83.8 Å². The van der Waals surface area contributed by atoms with Crippen LogP contribution in [-0.2, 0) is 32.1 Å². The molecule has 6 rings (SSSR count). The van der Waals surface area contributed by atoms with Crippen molar-refractivity contribution < 1.29 is 20.4 Å². The summed E-state index contributed by atoms with van der Waals surface area (Å²) in [4.78, 5) is 0. The number of phenols is 3. The van der Waals surface area contributed by atoms with E-state index in [1.165, 1.54) is 0 Å². The number of benzene rings is 5. The van der Waals surface area contributed by atoms with Gasteiger partial charge in [-0.2, -0.15) is 0 Å². The van der Waals surface area contributed by atoms with Crippen molar-refractivity contribution in [3.8, 4) is 23.0 Å². The molecule has 5 aromatic carbocycles. The van der Waals surface area contributed by atoms with E-state index in [4.69, 9.17) is 0 Å². The fourth-order valence-corrected chi connectivity index (χ4v) is 6.45. The SMILES string of the molecule is C.CC.Cc1cc2c([O-])c(c1)Cc1cc(C)cc(c1O)Cc1cc(Cc3ccccc3)cc(c1O)Cc1cc(C)cc(c1O)C2. The summed E-state index contributed by atoms with van der Waals surface area (Å²) in [6, 6.07) is 25.8. The minimum Gasteiger partial charge on any atom is -0.872 e. The van der Waals surface area contributed by atoms with E-state index in [2.05, 4.69) is 12.1 Å². The van der Waals surface area contributed by atoms with Crippen LogP contribution in [-0.4, -0.2) is 15.3 Å². The number of aromatic hydroxyl groups is 3. The maximum absolute atomic E-state index is 13.7. The van der Waals surface area contributed by atoms with Crippen molar-refractivity contribution >= 4 is 0 Å². The van der Waals surface area contributed by atoms with Crippen LogP contribution >= 0.6 is 0 Å². The van der Waals surface area contributed by atoms with Crippen LogP contribution in [0, 0.1) is 20.8 Å². The lowest BCUT2D eigenvalue weighted by molar-refractivity contribution is -0.270.